The van der Waals surface area contributed by atoms with Crippen LogP contribution in [0.4, 0.5) is 0 Å². The molecule has 2 heterocycles. The van der Waals surface area contributed by atoms with Crippen LogP contribution in [0.25, 0.3) is 6.08 Å². The Kier molecular flexibility index (Phi) is 9.27. The number of rotatable bonds is 7. The second-order valence-corrected chi connectivity index (χ2v) is 11.8. The van der Waals surface area contributed by atoms with E-state index in [9.17, 15) is 19.2 Å². The van der Waals surface area contributed by atoms with Crippen molar-refractivity contribution in [2.75, 3.05) is 6.61 Å². The molecule has 2 aromatic carbocycles. The molecule has 0 amide bonds. The minimum Gasteiger partial charge on any atom is -0.459 e. The molecule has 38 heavy (non-hydrogen) atoms. The van der Waals surface area contributed by atoms with Gasteiger partial charge in [-0.25, -0.2) is 14.4 Å². The highest BCUT2D eigenvalue weighted by Gasteiger charge is 2.40. The maximum atomic E-state index is 12.8. The molecule has 1 N–H and O–H groups in total. The summed E-state index contributed by atoms with van der Waals surface area (Å²) in [5.74, 6) is -1.28. The monoisotopic (exact) mass is 686 g/mol. The van der Waals surface area contributed by atoms with Crippen LogP contribution in [-0.2, 0) is 14.2 Å². The standard InChI is InChI=1S/C25H18Br2Cl2N2O7/c26-20(27)9-15-11-31(25(35)30-22(15)32)21-10-18(38-24(34)14-3-7-17(29)8-4-14)19(37-21)12-36-23(33)13-1-5-16(28)6-2-13/h1-9,11,18-19,21H,10,12H2,(H,30,32,35)/t18-,19+,21+/m0/s1. The first kappa shape index (κ1) is 28.3. The minimum absolute atomic E-state index is 0.0487. The Labute approximate surface area is 242 Å². The van der Waals surface area contributed by atoms with Gasteiger partial charge in [0.25, 0.3) is 5.56 Å². The number of benzene rings is 2. The highest BCUT2D eigenvalue weighted by Crippen LogP contribution is 2.31. The van der Waals surface area contributed by atoms with Crippen LogP contribution in [0.15, 0.2) is 67.7 Å². The molecular formula is C25H18Br2Cl2N2O7. The molecule has 1 fully saturated rings. The Morgan fingerprint density at radius 3 is 2.16 bits per heavy atom. The van der Waals surface area contributed by atoms with Crippen LogP contribution >= 0.6 is 55.1 Å². The third-order valence-electron chi connectivity index (χ3n) is 5.55. The predicted octanol–water partition coefficient (Wildman–Crippen LogP) is 5.30. The molecule has 0 aliphatic carbocycles. The molecule has 0 unspecified atom stereocenters. The Balaban J connectivity index is 1.57. The van der Waals surface area contributed by atoms with Crippen LogP contribution < -0.4 is 11.2 Å². The Hall–Kier alpha value is -2.70. The number of hydrogen-bond acceptors (Lipinski definition) is 7. The molecule has 0 spiro atoms. The summed E-state index contributed by atoms with van der Waals surface area (Å²) in [6, 6.07) is 12.2. The van der Waals surface area contributed by atoms with Crippen molar-refractivity contribution in [3.8, 4) is 0 Å². The second kappa shape index (κ2) is 12.4. The lowest BCUT2D eigenvalue weighted by Gasteiger charge is -2.19. The average Bonchev–Trinajstić information content (AvgIpc) is 3.26. The van der Waals surface area contributed by atoms with E-state index in [0.29, 0.717) is 13.4 Å². The number of esters is 2. The van der Waals surface area contributed by atoms with Crippen molar-refractivity contribution < 1.29 is 23.8 Å². The Bertz CT molecular complexity index is 1480. The molecule has 3 aromatic rings. The van der Waals surface area contributed by atoms with Crippen LogP contribution in [0.5, 0.6) is 0 Å². The van der Waals surface area contributed by atoms with Crippen molar-refractivity contribution in [1.29, 1.82) is 0 Å². The maximum Gasteiger partial charge on any atom is 0.338 e. The summed E-state index contributed by atoms with van der Waals surface area (Å²) in [6.07, 6.45) is 0.118. The first-order valence-corrected chi connectivity index (χ1v) is 13.4. The highest BCUT2D eigenvalue weighted by molar-refractivity contribution is 9.28. The van der Waals surface area contributed by atoms with Crippen molar-refractivity contribution in [3.05, 3.63) is 106 Å². The summed E-state index contributed by atoms with van der Waals surface area (Å²) >= 11 is 18.1. The predicted molar refractivity (Wildman–Crippen MR) is 148 cm³/mol. The van der Waals surface area contributed by atoms with Gasteiger partial charge in [-0.3, -0.25) is 14.3 Å². The third-order valence-corrected chi connectivity index (χ3v) is 6.51. The zero-order valence-corrected chi connectivity index (χ0v) is 23.9. The molecule has 3 atom stereocenters. The lowest BCUT2D eigenvalue weighted by molar-refractivity contribution is -0.0582. The lowest BCUT2D eigenvalue weighted by atomic mass is 10.1. The SMILES string of the molecule is O=C(OC[C@H]1O[C@@H](n2cc(C=C(Br)Br)c(=O)[nH]c2=O)C[C@@H]1OC(=O)c1ccc(Cl)cc1)c1ccc(Cl)cc1. The molecule has 1 aliphatic heterocycles. The zero-order chi connectivity index (χ0) is 27.4. The van der Waals surface area contributed by atoms with E-state index in [-0.39, 0.29) is 29.7 Å². The maximum absolute atomic E-state index is 12.8. The van der Waals surface area contributed by atoms with Crippen molar-refractivity contribution in [3.63, 3.8) is 0 Å². The van der Waals surface area contributed by atoms with Gasteiger partial charge in [-0.1, -0.05) is 23.2 Å². The second-order valence-electron chi connectivity index (χ2n) is 8.11. The van der Waals surface area contributed by atoms with Gasteiger partial charge >= 0.3 is 17.6 Å². The van der Waals surface area contributed by atoms with E-state index in [1.165, 1.54) is 41.1 Å². The van der Waals surface area contributed by atoms with E-state index in [1.807, 2.05) is 0 Å². The van der Waals surface area contributed by atoms with Gasteiger partial charge in [0.1, 0.15) is 25.0 Å². The number of carbonyl (C=O) groups excluding carboxylic acids is 2. The van der Waals surface area contributed by atoms with Crippen molar-refractivity contribution in [2.24, 2.45) is 0 Å². The number of aromatic nitrogens is 2. The number of H-pyrrole nitrogens is 1. The third kappa shape index (κ3) is 7.03. The summed E-state index contributed by atoms with van der Waals surface area (Å²) in [5, 5.41) is 0.917. The summed E-state index contributed by atoms with van der Waals surface area (Å²) in [5.41, 5.74) is -0.619. The van der Waals surface area contributed by atoms with E-state index >= 15 is 0 Å². The highest BCUT2D eigenvalue weighted by atomic mass is 79.9. The van der Waals surface area contributed by atoms with E-state index in [4.69, 9.17) is 37.4 Å². The number of nitrogens with one attached hydrogen (secondary N) is 1. The van der Waals surface area contributed by atoms with Gasteiger partial charge < -0.3 is 14.2 Å². The number of ether oxygens (including phenoxy) is 3. The first-order chi connectivity index (χ1) is 18.1. The molecule has 0 radical (unpaired) electrons. The minimum atomic E-state index is -0.928. The van der Waals surface area contributed by atoms with E-state index < -0.39 is 41.6 Å². The molecule has 0 bridgehead atoms. The first-order valence-electron chi connectivity index (χ1n) is 11.0. The van der Waals surface area contributed by atoms with Crippen molar-refractivity contribution >= 4 is 73.1 Å². The zero-order valence-electron chi connectivity index (χ0n) is 19.2. The molecule has 13 heteroatoms. The van der Waals surface area contributed by atoms with E-state index in [1.54, 1.807) is 24.3 Å². The number of hydrogen-bond donors (Lipinski definition) is 1. The summed E-state index contributed by atoms with van der Waals surface area (Å²) < 4.78 is 18.8. The lowest BCUT2D eigenvalue weighted by Crippen LogP contribution is -2.33. The molecule has 1 saturated heterocycles. The molecule has 198 valence electrons. The topological polar surface area (TPSA) is 117 Å². The smallest absolute Gasteiger partial charge is 0.338 e. The van der Waals surface area contributed by atoms with E-state index in [2.05, 4.69) is 36.8 Å². The number of nitrogens with zero attached hydrogens (tertiary/aromatic N) is 1. The summed E-state index contributed by atoms with van der Waals surface area (Å²) in [6.45, 7) is -0.270. The van der Waals surface area contributed by atoms with E-state index in [0.717, 1.165) is 0 Å². The van der Waals surface area contributed by atoms with Crippen LogP contribution in [0, 0.1) is 0 Å². The van der Waals surface area contributed by atoms with Gasteiger partial charge in [0, 0.05) is 22.7 Å². The molecule has 4 rings (SSSR count). The summed E-state index contributed by atoms with van der Waals surface area (Å²) in [7, 11) is 0. The van der Waals surface area contributed by atoms with Gasteiger partial charge in [-0.15, -0.1) is 0 Å². The molecule has 0 saturated carbocycles. The fourth-order valence-corrected chi connectivity index (χ4v) is 4.44. The fraction of sp³-hybridized carbons (Fsp3) is 0.200. The van der Waals surface area contributed by atoms with Gasteiger partial charge in [-0.05, 0) is 86.5 Å². The Morgan fingerprint density at radius 1 is 1.00 bits per heavy atom. The summed E-state index contributed by atoms with van der Waals surface area (Å²) in [4.78, 5) is 52.4. The number of carbonyl (C=O) groups is 2. The average molecular weight is 689 g/mol. The van der Waals surface area contributed by atoms with Gasteiger partial charge in [0.05, 0.1) is 20.1 Å². The molecule has 1 aromatic heterocycles. The normalized spacial score (nSPS) is 18.6. The van der Waals surface area contributed by atoms with Crippen molar-refractivity contribution in [2.45, 2.75) is 24.9 Å². The fourth-order valence-electron chi connectivity index (χ4n) is 3.70. The largest absolute Gasteiger partial charge is 0.459 e. The van der Waals surface area contributed by atoms with Gasteiger partial charge in [0.15, 0.2) is 0 Å². The number of aromatic amines is 1. The molecule has 1 aliphatic rings. The number of halogens is 4. The van der Waals surface area contributed by atoms with Crippen LogP contribution in [0.3, 0.4) is 0 Å². The van der Waals surface area contributed by atoms with Crippen LogP contribution in [0.2, 0.25) is 10.0 Å². The van der Waals surface area contributed by atoms with Crippen LogP contribution in [-0.4, -0.2) is 40.3 Å². The van der Waals surface area contributed by atoms with Crippen LogP contribution in [0.1, 0.15) is 38.9 Å². The van der Waals surface area contributed by atoms with Gasteiger partial charge in [-0.2, -0.15) is 0 Å². The Morgan fingerprint density at radius 2 is 1.58 bits per heavy atom. The molecular weight excluding hydrogens is 671 g/mol. The quantitative estimate of drug-likeness (QED) is 0.335. The van der Waals surface area contributed by atoms with Crippen molar-refractivity contribution in [1.82, 2.24) is 9.55 Å². The molecule has 9 nitrogen and oxygen atoms in total. The van der Waals surface area contributed by atoms with Gasteiger partial charge in [0.2, 0.25) is 0 Å².